The predicted molar refractivity (Wildman–Crippen MR) is 134 cm³/mol. The summed E-state index contributed by atoms with van der Waals surface area (Å²) in [5.41, 5.74) is 3.33. The van der Waals surface area contributed by atoms with Crippen molar-refractivity contribution in [1.29, 1.82) is 0 Å². The number of hydrogen-bond acceptors (Lipinski definition) is 3. The van der Waals surface area contributed by atoms with E-state index in [1.54, 1.807) is 23.9 Å². The zero-order valence-electron chi connectivity index (χ0n) is 18.5. The highest BCUT2D eigenvalue weighted by Crippen LogP contribution is 2.55. The first-order valence-corrected chi connectivity index (χ1v) is 12.1. The number of nitrogens with zero attached hydrogens (tertiary/aromatic N) is 1. The molecule has 33 heavy (non-hydrogen) atoms. The van der Waals surface area contributed by atoms with Crippen LogP contribution in [0.25, 0.3) is 0 Å². The van der Waals surface area contributed by atoms with E-state index in [4.69, 9.17) is 0 Å². The van der Waals surface area contributed by atoms with Gasteiger partial charge in [0.05, 0.1) is 23.6 Å². The van der Waals surface area contributed by atoms with E-state index in [2.05, 4.69) is 64.1 Å². The third kappa shape index (κ3) is 3.26. The molecule has 0 radical (unpaired) electrons. The molecule has 0 fully saturated rings. The van der Waals surface area contributed by atoms with E-state index < -0.39 is 11.0 Å². The highest BCUT2D eigenvalue weighted by atomic mass is 32.1. The fourth-order valence-corrected chi connectivity index (χ4v) is 6.09. The second kappa shape index (κ2) is 8.81. The van der Waals surface area contributed by atoms with Crippen LogP contribution in [0.3, 0.4) is 0 Å². The maximum atomic E-state index is 13.2. The average molecular weight is 451 g/mol. The lowest BCUT2D eigenvalue weighted by Crippen LogP contribution is -2.52. The Hall–Kier alpha value is -3.47. The third-order valence-electron chi connectivity index (χ3n) is 6.56. The second-order valence-corrected chi connectivity index (χ2v) is 8.93. The number of H-pyrrole nitrogens is 1. The lowest BCUT2D eigenvalue weighted by molar-refractivity contribution is 0.0239. The fourth-order valence-electron chi connectivity index (χ4n) is 5.11. The number of thiophene rings is 1. The van der Waals surface area contributed by atoms with Crippen molar-refractivity contribution in [2.45, 2.75) is 24.4 Å². The van der Waals surface area contributed by atoms with Gasteiger partial charge in [-0.1, -0.05) is 97.9 Å². The predicted octanol–water partition coefficient (Wildman–Crippen LogP) is 6.30. The maximum Gasteiger partial charge on any atom is 0.150 e. The molecule has 4 heteroatoms. The van der Waals surface area contributed by atoms with Crippen LogP contribution in [0, 0.1) is 0 Å². The number of benzene rings is 3. The van der Waals surface area contributed by atoms with Crippen LogP contribution in [-0.4, -0.2) is 15.1 Å². The van der Waals surface area contributed by atoms with Gasteiger partial charge in [0.25, 0.3) is 0 Å². The minimum absolute atomic E-state index is 0.659. The number of rotatable bonds is 7. The number of aromatic nitrogens is 2. The summed E-state index contributed by atoms with van der Waals surface area (Å²) < 4.78 is 0. The first kappa shape index (κ1) is 21.4. The molecule has 0 amide bonds. The van der Waals surface area contributed by atoms with E-state index in [0.29, 0.717) is 5.69 Å². The Morgan fingerprint density at radius 3 is 1.73 bits per heavy atom. The number of aliphatic hydroxyl groups is 1. The summed E-state index contributed by atoms with van der Waals surface area (Å²) in [5, 5.41) is 17.5. The van der Waals surface area contributed by atoms with Crippen LogP contribution in [0.15, 0.2) is 114 Å². The Bertz CT molecular complexity index is 1200. The number of aromatic amines is 1. The Kier molecular flexibility index (Phi) is 5.71. The molecule has 1 atom stereocenters. The van der Waals surface area contributed by atoms with Crippen LogP contribution >= 0.6 is 11.3 Å². The lowest BCUT2D eigenvalue weighted by atomic mass is 9.56. The molecule has 2 N–H and O–H groups in total. The fraction of sp³-hybridized carbons (Fsp3) is 0.138. The van der Waals surface area contributed by atoms with Gasteiger partial charge in [-0.05, 0) is 39.4 Å². The minimum Gasteiger partial charge on any atom is -0.377 e. The highest BCUT2D eigenvalue weighted by Gasteiger charge is 2.57. The molecule has 2 aromatic heterocycles. The lowest BCUT2D eigenvalue weighted by Gasteiger charge is -2.48. The monoisotopic (exact) mass is 450 g/mol. The molecule has 0 spiro atoms. The van der Waals surface area contributed by atoms with Gasteiger partial charge in [0.2, 0.25) is 0 Å². The van der Waals surface area contributed by atoms with E-state index in [0.717, 1.165) is 34.2 Å². The summed E-state index contributed by atoms with van der Waals surface area (Å²) in [6, 6.07) is 30.9. The molecule has 2 heterocycles. The van der Waals surface area contributed by atoms with Crippen LogP contribution in [0.1, 0.15) is 40.4 Å². The first-order chi connectivity index (χ1) is 16.2. The van der Waals surface area contributed by atoms with Crippen LogP contribution in [0.5, 0.6) is 0 Å². The largest absolute Gasteiger partial charge is 0.377 e. The summed E-state index contributed by atoms with van der Waals surface area (Å²) in [5.74, 6) is 0. The molecule has 5 rings (SSSR count). The van der Waals surface area contributed by atoms with E-state index in [-0.39, 0.29) is 0 Å². The van der Waals surface area contributed by atoms with E-state index in [9.17, 15) is 5.11 Å². The van der Waals surface area contributed by atoms with Gasteiger partial charge in [0.1, 0.15) is 5.60 Å². The quantitative estimate of drug-likeness (QED) is 0.286. The molecule has 0 aliphatic rings. The van der Waals surface area contributed by atoms with Gasteiger partial charge in [-0.2, -0.15) is 11.3 Å². The Morgan fingerprint density at radius 2 is 1.30 bits per heavy atom. The summed E-state index contributed by atoms with van der Waals surface area (Å²) >= 11 is 1.62. The second-order valence-electron chi connectivity index (χ2n) is 8.19. The van der Waals surface area contributed by atoms with Crippen LogP contribution < -0.4 is 0 Å². The van der Waals surface area contributed by atoms with E-state index >= 15 is 0 Å². The zero-order valence-corrected chi connectivity index (χ0v) is 19.3. The van der Waals surface area contributed by atoms with Gasteiger partial charge in [-0.25, -0.2) is 4.98 Å². The van der Waals surface area contributed by atoms with Crippen molar-refractivity contribution in [2.24, 2.45) is 0 Å². The molecular formula is C29H26N2OS. The number of nitrogens with one attached hydrogen (secondary N) is 1. The third-order valence-corrected chi connectivity index (χ3v) is 7.36. The van der Waals surface area contributed by atoms with Gasteiger partial charge in [-0.3, -0.25) is 0 Å². The van der Waals surface area contributed by atoms with Gasteiger partial charge in [0, 0.05) is 5.56 Å². The van der Waals surface area contributed by atoms with Crippen molar-refractivity contribution in [2.75, 3.05) is 0 Å². The summed E-state index contributed by atoms with van der Waals surface area (Å²) in [4.78, 5) is 7.61. The molecule has 164 valence electrons. The molecule has 5 aromatic rings. The van der Waals surface area contributed by atoms with Crippen molar-refractivity contribution < 1.29 is 5.11 Å². The molecule has 3 nitrogen and oxygen atoms in total. The Balaban J connectivity index is 2.01. The highest BCUT2D eigenvalue weighted by molar-refractivity contribution is 7.08. The van der Waals surface area contributed by atoms with Crippen LogP contribution in [-0.2, 0) is 17.4 Å². The van der Waals surface area contributed by atoms with Gasteiger partial charge in [-0.15, -0.1) is 0 Å². The van der Waals surface area contributed by atoms with Crippen molar-refractivity contribution in [3.8, 4) is 0 Å². The molecule has 0 saturated carbocycles. The number of aryl methyl sites for hydroxylation is 1. The first-order valence-electron chi connectivity index (χ1n) is 11.2. The standard InChI is InChI=1S/C29H26N2OS/c1-2-22-19-33-20-26(22)29(32,27-18-30-21-31-27)28(23-12-6-3-7-13-23,24-14-8-4-9-15-24)25-16-10-5-11-17-25/h3-21,32H,2H2,1H3,(H,30,31). The summed E-state index contributed by atoms with van der Waals surface area (Å²) in [7, 11) is 0. The Labute approximate surface area is 198 Å². The van der Waals surface area contributed by atoms with Gasteiger partial charge in [0.15, 0.2) is 0 Å². The smallest absolute Gasteiger partial charge is 0.150 e. The summed E-state index contributed by atoms with van der Waals surface area (Å²) in [6.07, 6.45) is 4.22. The normalized spacial score (nSPS) is 13.5. The van der Waals surface area contributed by atoms with Crippen molar-refractivity contribution in [3.63, 3.8) is 0 Å². The van der Waals surface area contributed by atoms with Crippen LogP contribution in [0.4, 0.5) is 0 Å². The molecule has 1 unspecified atom stereocenters. The SMILES string of the molecule is CCc1cscc1C(O)(c1cnc[nH]1)C(c1ccccc1)(c1ccccc1)c1ccccc1. The Morgan fingerprint density at radius 1 is 0.788 bits per heavy atom. The average Bonchev–Trinajstić information content (AvgIpc) is 3.59. The molecule has 3 aromatic carbocycles. The summed E-state index contributed by atoms with van der Waals surface area (Å²) in [6.45, 7) is 2.13. The molecule has 0 saturated heterocycles. The maximum absolute atomic E-state index is 13.2. The number of hydrogen-bond donors (Lipinski definition) is 2. The van der Waals surface area contributed by atoms with Crippen molar-refractivity contribution >= 4 is 11.3 Å². The topological polar surface area (TPSA) is 48.9 Å². The zero-order chi connectivity index (χ0) is 22.7. The van der Waals surface area contributed by atoms with Crippen LogP contribution in [0.2, 0.25) is 0 Å². The van der Waals surface area contributed by atoms with Crippen molar-refractivity contribution in [3.05, 3.63) is 148 Å². The van der Waals surface area contributed by atoms with E-state index in [1.165, 1.54) is 0 Å². The minimum atomic E-state index is -1.45. The number of imidazole rings is 1. The van der Waals surface area contributed by atoms with E-state index in [1.807, 2.05) is 54.6 Å². The molecular weight excluding hydrogens is 424 g/mol. The van der Waals surface area contributed by atoms with Gasteiger partial charge < -0.3 is 10.1 Å². The van der Waals surface area contributed by atoms with Crippen molar-refractivity contribution in [1.82, 2.24) is 9.97 Å². The molecule has 0 bridgehead atoms. The van der Waals surface area contributed by atoms with Gasteiger partial charge >= 0.3 is 0 Å². The molecule has 0 aliphatic heterocycles. The molecule has 0 aliphatic carbocycles.